The maximum absolute atomic E-state index is 13.8. The molecule has 0 aromatic heterocycles. The molecule has 0 saturated carbocycles. The van der Waals surface area contributed by atoms with Gasteiger partial charge in [0.2, 0.25) is 0 Å². The number of halogens is 1. The van der Waals surface area contributed by atoms with Gasteiger partial charge in [-0.3, -0.25) is 0 Å². The third kappa shape index (κ3) is 4.50. The molecule has 0 bridgehead atoms. The predicted molar refractivity (Wildman–Crippen MR) is 71.4 cm³/mol. The second-order valence-electron chi connectivity index (χ2n) is 4.04. The van der Waals surface area contributed by atoms with Gasteiger partial charge in [0.15, 0.2) is 0 Å². The Morgan fingerprint density at radius 3 is 2.50 bits per heavy atom. The van der Waals surface area contributed by atoms with Crippen LogP contribution in [0.15, 0.2) is 18.2 Å². The minimum atomic E-state index is -0.302. The average molecular weight is 256 g/mol. The molecule has 4 nitrogen and oxygen atoms in total. The number of benzene rings is 1. The monoisotopic (exact) mass is 256 g/mol. The number of nitrogens with two attached hydrogens (primary N) is 1. The maximum Gasteiger partial charge on any atom is 0.148 e. The minimum absolute atomic E-state index is 0.302. The van der Waals surface area contributed by atoms with Crippen LogP contribution in [0, 0.1) is 5.82 Å². The van der Waals surface area contributed by atoms with Gasteiger partial charge in [-0.1, -0.05) is 0 Å². The Morgan fingerprint density at radius 2 is 1.89 bits per heavy atom. The summed E-state index contributed by atoms with van der Waals surface area (Å²) in [6.07, 6.45) is 0.837. The first-order chi connectivity index (χ1) is 8.69. The molecular formula is C13H21FN2O2. The number of anilines is 2. The van der Waals surface area contributed by atoms with Crippen LogP contribution in [0.3, 0.4) is 0 Å². The van der Waals surface area contributed by atoms with E-state index in [-0.39, 0.29) is 5.82 Å². The van der Waals surface area contributed by atoms with Crippen LogP contribution in [-0.4, -0.2) is 40.5 Å². The molecule has 18 heavy (non-hydrogen) atoms. The molecular weight excluding hydrogens is 235 g/mol. The number of nitrogen functional groups attached to an aromatic ring is 1. The molecule has 102 valence electrons. The normalized spacial score (nSPS) is 10.6. The zero-order valence-corrected chi connectivity index (χ0v) is 11.0. The van der Waals surface area contributed by atoms with Crippen LogP contribution >= 0.6 is 0 Å². The molecule has 2 N–H and O–H groups in total. The lowest BCUT2D eigenvalue weighted by atomic mass is 10.2. The predicted octanol–water partition coefficient (Wildman–Crippen LogP) is 1.90. The van der Waals surface area contributed by atoms with E-state index >= 15 is 0 Å². The van der Waals surface area contributed by atoms with E-state index in [1.54, 1.807) is 26.4 Å². The average Bonchev–Trinajstić information content (AvgIpc) is 2.34. The lowest BCUT2D eigenvalue weighted by molar-refractivity contribution is 0.191. The Balaban J connectivity index is 2.73. The van der Waals surface area contributed by atoms with Gasteiger partial charge in [0.05, 0.1) is 12.3 Å². The minimum Gasteiger partial charge on any atom is -0.399 e. The van der Waals surface area contributed by atoms with Crippen molar-refractivity contribution in [3.05, 3.63) is 24.0 Å². The van der Waals surface area contributed by atoms with Gasteiger partial charge in [-0.25, -0.2) is 4.39 Å². The molecule has 0 saturated heterocycles. The van der Waals surface area contributed by atoms with Gasteiger partial charge in [-0.05, 0) is 24.6 Å². The first-order valence-corrected chi connectivity index (χ1v) is 5.97. The van der Waals surface area contributed by atoms with E-state index in [0.29, 0.717) is 31.1 Å². The van der Waals surface area contributed by atoms with Crippen molar-refractivity contribution in [2.24, 2.45) is 0 Å². The van der Waals surface area contributed by atoms with Crippen molar-refractivity contribution in [3.8, 4) is 0 Å². The quantitative estimate of drug-likeness (QED) is 0.570. The summed E-state index contributed by atoms with van der Waals surface area (Å²) < 4.78 is 23.9. The third-order valence-electron chi connectivity index (χ3n) is 2.65. The fraction of sp³-hybridized carbons (Fsp3) is 0.538. The van der Waals surface area contributed by atoms with Crippen molar-refractivity contribution in [1.29, 1.82) is 0 Å². The van der Waals surface area contributed by atoms with Gasteiger partial charge in [0.1, 0.15) is 5.82 Å². The van der Waals surface area contributed by atoms with Crippen molar-refractivity contribution < 1.29 is 13.9 Å². The first kappa shape index (κ1) is 14.7. The summed E-state index contributed by atoms with van der Waals surface area (Å²) in [7, 11) is 3.29. The van der Waals surface area contributed by atoms with Gasteiger partial charge in [0.25, 0.3) is 0 Å². The highest BCUT2D eigenvalue weighted by molar-refractivity contribution is 5.54. The molecule has 0 aliphatic carbocycles. The fourth-order valence-corrected chi connectivity index (χ4v) is 1.73. The van der Waals surface area contributed by atoms with Crippen LogP contribution in [-0.2, 0) is 9.47 Å². The van der Waals surface area contributed by atoms with E-state index in [2.05, 4.69) is 0 Å². The Labute approximate surface area is 107 Å². The molecule has 0 spiro atoms. The number of rotatable bonds is 8. The highest BCUT2D eigenvalue weighted by Crippen LogP contribution is 2.21. The molecule has 0 radical (unpaired) electrons. The fourth-order valence-electron chi connectivity index (χ4n) is 1.73. The summed E-state index contributed by atoms with van der Waals surface area (Å²) in [4.78, 5) is 1.94. The third-order valence-corrected chi connectivity index (χ3v) is 2.65. The van der Waals surface area contributed by atoms with E-state index in [1.807, 2.05) is 4.90 Å². The number of hydrogen-bond acceptors (Lipinski definition) is 4. The van der Waals surface area contributed by atoms with E-state index in [9.17, 15) is 4.39 Å². The van der Waals surface area contributed by atoms with Crippen molar-refractivity contribution in [2.45, 2.75) is 6.42 Å². The molecule has 1 aromatic carbocycles. The summed E-state index contributed by atoms with van der Waals surface area (Å²) in [5.74, 6) is -0.302. The molecule has 5 heteroatoms. The topological polar surface area (TPSA) is 47.7 Å². The number of hydrogen-bond donors (Lipinski definition) is 1. The zero-order valence-electron chi connectivity index (χ0n) is 11.0. The Kier molecular flexibility index (Phi) is 6.46. The van der Waals surface area contributed by atoms with E-state index in [0.717, 1.165) is 13.0 Å². The largest absolute Gasteiger partial charge is 0.399 e. The molecule has 0 atom stereocenters. The summed E-state index contributed by atoms with van der Waals surface area (Å²) in [5, 5.41) is 0. The van der Waals surface area contributed by atoms with E-state index < -0.39 is 0 Å². The van der Waals surface area contributed by atoms with E-state index in [4.69, 9.17) is 15.2 Å². The van der Waals surface area contributed by atoms with Gasteiger partial charge in [-0.2, -0.15) is 0 Å². The molecule has 1 aromatic rings. The van der Waals surface area contributed by atoms with Crippen LogP contribution in [0.4, 0.5) is 15.8 Å². The molecule has 0 unspecified atom stereocenters. The summed E-state index contributed by atoms with van der Waals surface area (Å²) in [6, 6.07) is 4.74. The van der Waals surface area contributed by atoms with Crippen molar-refractivity contribution in [2.75, 3.05) is 51.2 Å². The zero-order chi connectivity index (χ0) is 13.4. The Hall–Kier alpha value is -1.33. The van der Waals surface area contributed by atoms with Crippen LogP contribution < -0.4 is 10.6 Å². The van der Waals surface area contributed by atoms with Crippen LogP contribution in [0.25, 0.3) is 0 Å². The summed E-state index contributed by atoms with van der Waals surface area (Å²) in [6.45, 7) is 2.57. The van der Waals surface area contributed by atoms with Gasteiger partial charge >= 0.3 is 0 Å². The number of methoxy groups -OCH3 is 2. The molecule has 0 aliphatic heterocycles. The highest BCUT2D eigenvalue weighted by Gasteiger charge is 2.11. The second-order valence-corrected chi connectivity index (χ2v) is 4.04. The number of ether oxygens (including phenoxy) is 2. The smallest absolute Gasteiger partial charge is 0.148 e. The summed E-state index contributed by atoms with van der Waals surface area (Å²) in [5.41, 5.74) is 6.53. The Bertz CT molecular complexity index is 361. The van der Waals surface area contributed by atoms with Gasteiger partial charge in [0, 0.05) is 39.6 Å². The van der Waals surface area contributed by atoms with Crippen molar-refractivity contribution in [1.82, 2.24) is 0 Å². The van der Waals surface area contributed by atoms with Gasteiger partial charge in [-0.15, -0.1) is 0 Å². The molecule has 0 amide bonds. The SMILES string of the molecule is COCCCN(CCOC)c1ccc(N)cc1F. The summed E-state index contributed by atoms with van der Waals surface area (Å²) >= 11 is 0. The van der Waals surface area contributed by atoms with Gasteiger partial charge < -0.3 is 20.1 Å². The lowest BCUT2D eigenvalue weighted by Gasteiger charge is -2.25. The maximum atomic E-state index is 13.8. The lowest BCUT2D eigenvalue weighted by Crippen LogP contribution is -2.29. The molecule has 0 fully saturated rings. The van der Waals surface area contributed by atoms with Crippen LogP contribution in [0.2, 0.25) is 0 Å². The Morgan fingerprint density at radius 1 is 1.17 bits per heavy atom. The van der Waals surface area contributed by atoms with E-state index in [1.165, 1.54) is 6.07 Å². The van der Waals surface area contributed by atoms with Crippen molar-refractivity contribution >= 4 is 11.4 Å². The standard InChI is InChI=1S/C13H21FN2O2/c1-17-8-3-6-16(7-9-18-2)13-5-4-11(15)10-12(13)14/h4-5,10H,3,6-9,15H2,1-2H3. The van der Waals surface area contributed by atoms with Crippen LogP contribution in [0.1, 0.15) is 6.42 Å². The first-order valence-electron chi connectivity index (χ1n) is 5.97. The molecule has 0 aliphatic rings. The molecule has 1 rings (SSSR count). The highest BCUT2D eigenvalue weighted by atomic mass is 19.1. The number of nitrogens with zero attached hydrogens (tertiary/aromatic N) is 1. The molecule has 0 heterocycles. The second kappa shape index (κ2) is 7.89. The van der Waals surface area contributed by atoms with Crippen molar-refractivity contribution in [3.63, 3.8) is 0 Å². The van der Waals surface area contributed by atoms with Crippen LogP contribution in [0.5, 0.6) is 0 Å².